The average molecular weight is 351 g/mol. The molecule has 2 N–H and O–H groups in total. The molecule has 6 nitrogen and oxygen atoms in total. The molecule has 0 atom stereocenters. The number of carbonyl (C=O) groups excluding carboxylic acids is 2. The van der Waals surface area contributed by atoms with Crippen molar-refractivity contribution in [3.05, 3.63) is 53.1 Å². The fourth-order valence-corrected chi connectivity index (χ4v) is 2.43. The van der Waals surface area contributed by atoms with Gasteiger partial charge in [0.05, 0.1) is 6.07 Å². The Balaban J connectivity index is 1.97. The van der Waals surface area contributed by atoms with Crippen molar-refractivity contribution in [2.75, 3.05) is 17.2 Å². The van der Waals surface area contributed by atoms with Crippen molar-refractivity contribution in [2.24, 2.45) is 0 Å². The van der Waals surface area contributed by atoms with Crippen molar-refractivity contribution >= 4 is 23.2 Å². The summed E-state index contributed by atoms with van der Waals surface area (Å²) in [6, 6.07) is 12.5. The zero-order valence-corrected chi connectivity index (χ0v) is 15.1. The Morgan fingerprint density at radius 1 is 1.00 bits per heavy atom. The number of aryl methyl sites for hydroxylation is 2. The van der Waals surface area contributed by atoms with Gasteiger partial charge in [0.2, 0.25) is 5.91 Å². The molecule has 0 aliphatic rings. The molecule has 0 heterocycles. The standard InChI is InChI=1S/C20H21N3O3/c1-13-7-8-14(2)20(15(13)3)26-12-19(25)23-17-6-4-5-16(11-17)22-18(24)9-10-21/h4-8,11H,9,12H2,1-3H3,(H,22,24)(H,23,25). The van der Waals surface area contributed by atoms with Crippen molar-refractivity contribution in [1.29, 1.82) is 5.26 Å². The van der Waals surface area contributed by atoms with Gasteiger partial charge in [-0.1, -0.05) is 18.2 Å². The maximum atomic E-state index is 12.2. The second-order valence-electron chi connectivity index (χ2n) is 5.95. The molecule has 134 valence electrons. The number of benzene rings is 2. The molecule has 0 unspecified atom stereocenters. The predicted octanol–water partition coefficient (Wildman–Crippen LogP) is 3.48. The lowest BCUT2D eigenvalue weighted by Crippen LogP contribution is -2.21. The summed E-state index contributed by atoms with van der Waals surface area (Å²) in [5, 5.41) is 13.8. The number of nitrogens with zero attached hydrogens (tertiary/aromatic N) is 1. The Labute approximate surface area is 152 Å². The van der Waals surface area contributed by atoms with Crippen LogP contribution in [0.5, 0.6) is 5.75 Å². The first kappa shape index (κ1) is 19.0. The largest absolute Gasteiger partial charge is 0.483 e. The van der Waals surface area contributed by atoms with Crippen LogP contribution < -0.4 is 15.4 Å². The molecule has 26 heavy (non-hydrogen) atoms. The molecule has 0 radical (unpaired) electrons. The Bertz CT molecular complexity index is 869. The smallest absolute Gasteiger partial charge is 0.262 e. The van der Waals surface area contributed by atoms with E-state index >= 15 is 0 Å². The summed E-state index contributed by atoms with van der Waals surface area (Å²) in [5.74, 6) is 0.0215. The van der Waals surface area contributed by atoms with Crippen molar-refractivity contribution in [1.82, 2.24) is 0 Å². The fourth-order valence-electron chi connectivity index (χ4n) is 2.43. The molecule has 2 aromatic carbocycles. The van der Waals surface area contributed by atoms with Crippen LogP contribution in [-0.4, -0.2) is 18.4 Å². The third kappa shape index (κ3) is 5.08. The van der Waals surface area contributed by atoms with Crippen LogP contribution in [0.25, 0.3) is 0 Å². The SMILES string of the molecule is Cc1ccc(C)c(OCC(=O)Nc2cccc(NC(=O)CC#N)c2)c1C. The topological polar surface area (TPSA) is 91.2 Å². The minimum atomic E-state index is -0.398. The maximum Gasteiger partial charge on any atom is 0.262 e. The zero-order valence-electron chi connectivity index (χ0n) is 15.1. The van der Waals surface area contributed by atoms with E-state index in [1.54, 1.807) is 30.3 Å². The van der Waals surface area contributed by atoms with Gasteiger partial charge < -0.3 is 15.4 Å². The summed E-state index contributed by atoms with van der Waals surface area (Å²) in [6.45, 7) is 5.78. The van der Waals surface area contributed by atoms with E-state index < -0.39 is 5.91 Å². The Morgan fingerprint density at radius 3 is 2.27 bits per heavy atom. The molecule has 6 heteroatoms. The lowest BCUT2D eigenvalue weighted by Gasteiger charge is -2.14. The van der Waals surface area contributed by atoms with E-state index in [4.69, 9.17) is 10.00 Å². The van der Waals surface area contributed by atoms with Crippen LogP contribution in [0.3, 0.4) is 0 Å². The van der Waals surface area contributed by atoms with E-state index in [1.165, 1.54) is 0 Å². The van der Waals surface area contributed by atoms with Gasteiger partial charge in [0.25, 0.3) is 5.91 Å². The summed E-state index contributed by atoms with van der Waals surface area (Å²) < 4.78 is 5.69. The summed E-state index contributed by atoms with van der Waals surface area (Å²) in [4.78, 5) is 23.6. The van der Waals surface area contributed by atoms with Gasteiger partial charge in [-0.2, -0.15) is 5.26 Å². The summed E-state index contributed by atoms with van der Waals surface area (Å²) in [6.07, 6.45) is -0.223. The van der Waals surface area contributed by atoms with Crippen LogP contribution in [0.15, 0.2) is 36.4 Å². The minimum absolute atomic E-state index is 0.115. The number of nitrogens with one attached hydrogen (secondary N) is 2. The molecule has 2 amide bonds. The third-order valence-corrected chi connectivity index (χ3v) is 3.89. The summed E-state index contributed by atoms with van der Waals surface area (Å²) in [7, 11) is 0. The fraction of sp³-hybridized carbons (Fsp3) is 0.250. The van der Waals surface area contributed by atoms with Gasteiger partial charge in [0, 0.05) is 11.4 Å². The number of nitriles is 1. The number of carbonyl (C=O) groups is 2. The third-order valence-electron chi connectivity index (χ3n) is 3.89. The number of ether oxygens (including phenoxy) is 1. The molecule has 0 aliphatic carbocycles. The number of hydrogen-bond donors (Lipinski definition) is 2. The minimum Gasteiger partial charge on any atom is -0.483 e. The van der Waals surface area contributed by atoms with Crippen LogP contribution in [0.2, 0.25) is 0 Å². The van der Waals surface area contributed by atoms with Crippen LogP contribution in [0.1, 0.15) is 23.1 Å². The monoisotopic (exact) mass is 351 g/mol. The van der Waals surface area contributed by atoms with Crippen molar-refractivity contribution in [2.45, 2.75) is 27.2 Å². The average Bonchev–Trinajstić information content (AvgIpc) is 2.59. The van der Waals surface area contributed by atoms with Crippen LogP contribution in [-0.2, 0) is 9.59 Å². The lowest BCUT2D eigenvalue weighted by molar-refractivity contribution is -0.118. The normalized spacial score (nSPS) is 9.92. The van der Waals surface area contributed by atoms with E-state index in [1.807, 2.05) is 32.9 Å². The predicted molar refractivity (Wildman–Crippen MR) is 100 cm³/mol. The van der Waals surface area contributed by atoms with Crippen LogP contribution in [0.4, 0.5) is 11.4 Å². The van der Waals surface area contributed by atoms with Crippen molar-refractivity contribution in [3.63, 3.8) is 0 Å². The quantitative estimate of drug-likeness (QED) is 0.833. The highest BCUT2D eigenvalue weighted by molar-refractivity contribution is 5.95. The lowest BCUT2D eigenvalue weighted by atomic mass is 10.1. The molecule has 0 aromatic heterocycles. The number of amides is 2. The highest BCUT2D eigenvalue weighted by Gasteiger charge is 2.10. The highest BCUT2D eigenvalue weighted by Crippen LogP contribution is 2.25. The van der Waals surface area contributed by atoms with E-state index in [0.717, 1.165) is 22.4 Å². The van der Waals surface area contributed by atoms with Gasteiger partial charge in [-0.25, -0.2) is 0 Å². The molecule has 0 spiro atoms. The molecule has 0 bridgehead atoms. The van der Waals surface area contributed by atoms with E-state index in [-0.39, 0.29) is 18.9 Å². The van der Waals surface area contributed by atoms with Gasteiger partial charge in [-0.3, -0.25) is 9.59 Å². The Morgan fingerprint density at radius 2 is 1.62 bits per heavy atom. The molecular formula is C20H21N3O3. The van der Waals surface area contributed by atoms with Crippen LogP contribution >= 0.6 is 0 Å². The summed E-state index contributed by atoms with van der Waals surface area (Å²) in [5.41, 5.74) is 4.13. The molecule has 2 aromatic rings. The van der Waals surface area contributed by atoms with E-state index in [9.17, 15) is 9.59 Å². The van der Waals surface area contributed by atoms with Gasteiger partial charge in [0.1, 0.15) is 12.2 Å². The molecule has 0 aliphatic heterocycles. The molecule has 0 saturated carbocycles. The van der Waals surface area contributed by atoms with Gasteiger partial charge >= 0.3 is 0 Å². The van der Waals surface area contributed by atoms with Gasteiger partial charge in [-0.05, 0) is 55.7 Å². The van der Waals surface area contributed by atoms with Gasteiger partial charge in [0.15, 0.2) is 6.61 Å². The first-order valence-electron chi connectivity index (χ1n) is 8.17. The number of hydrogen-bond acceptors (Lipinski definition) is 4. The van der Waals surface area contributed by atoms with Crippen LogP contribution in [0, 0.1) is 32.1 Å². The van der Waals surface area contributed by atoms with Crippen molar-refractivity contribution in [3.8, 4) is 11.8 Å². The second-order valence-corrected chi connectivity index (χ2v) is 5.95. The summed E-state index contributed by atoms with van der Waals surface area (Å²) >= 11 is 0. The Kier molecular flexibility index (Phi) is 6.34. The van der Waals surface area contributed by atoms with Crippen molar-refractivity contribution < 1.29 is 14.3 Å². The van der Waals surface area contributed by atoms with E-state index in [2.05, 4.69) is 10.6 Å². The molecule has 2 rings (SSSR count). The highest BCUT2D eigenvalue weighted by atomic mass is 16.5. The Hall–Kier alpha value is -3.33. The molecular weight excluding hydrogens is 330 g/mol. The number of anilines is 2. The van der Waals surface area contributed by atoms with Gasteiger partial charge in [-0.15, -0.1) is 0 Å². The molecule has 0 saturated heterocycles. The molecule has 0 fully saturated rings. The number of rotatable bonds is 6. The first-order chi connectivity index (χ1) is 12.4. The zero-order chi connectivity index (χ0) is 19.1. The second kappa shape index (κ2) is 8.67. The van der Waals surface area contributed by atoms with E-state index in [0.29, 0.717) is 11.4 Å². The maximum absolute atomic E-state index is 12.2. The first-order valence-corrected chi connectivity index (χ1v) is 8.17.